The van der Waals surface area contributed by atoms with Gasteiger partial charge in [-0.2, -0.15) is 0 Å². The van der Waals surface area contributed by atoms with E-state index in [1.165, 1.54) is 0 Å². The number of carbonyl (C=O) groups excluding carboxylic acids is 1. The van der Waals surface area contributed by atoms with Crippen molar-refractivity contribution in [3.05, 3.63) is 63.9 Å². The van der Waals surface area contributed by atoms with Gasteiger partial charge in [-0.05, 0) is 29.8 Å². The molecule has 0 spiro atoms. The van der Waals surface area contributed by atoms with E-state index in [1.807, 2.05) is 24.3 Å². The van der Waals surface area contributed by atoms with Crippen LogP contribution in [0.2, 0.25) is 10.0 Å². The molecule has 0 saturated carbocycles. The normalized spacial score (nSPS) is 10.3. The second-order valence-electron chi connectivity index (χ2n) is 3.96. The first-order valence-electron chi connectivity index (χ1n) is 5.50. The van der Waals surface area contributed by atoms with Crippen molar-refractivity contribution >= 4 is 29.0 Å². The van der Waals surface area contributed by atoms with Gasteiger partial charge in [-0.3, -0.25) is 9.78 Å². The maximum atomic E-state index is 11.9. The molecule has 0 aliphatic carbocycles. The van der Waals surface area contributed by atoms with Crippen molar-refractivity contribution in [2.24, 2.45) is 0 Å². The summed E-state index contributed by atoms with van der Waals surface area (Å²) in [6.45, 7) is 0. The maximum absolute atomic E-state index is 11.9. The number of ketones is 1. The van der Waals surface area contributed by atoms with Crippen LogP contribution in [0, 0.1) is 0 Å². The molecule has 0 fully saturated rings. The van der Waals surface area contributed by atoms with E-state index < -0.39 is 0 Å². The molecule has 0 radical (unpaired) electrons. The maximum Gasteiger partial charge on any atom is 0.143 e. The molecular weight excluding hydrogens is 269 g/mol. The second-order valence-corrected chi connectivity index (χ2v) is 4.78. The first kappa shape index (κ1) is 13.1. The molecule has 0 saturated heterocycles. The van der Waals surface area contributed by atoms with E-state index in [1.54, 1.807) is 18.3 Å². The van der Waals surface area contributed by atoms with Gasteiger partial charge in [0.2, 0.25) is 0 Å². The van der Waals surface area contributed by atoms with Gasteiger partial charge in [-0.1, -0.05) is 35.3 Å². The van der Waals surface area contributed by atoms with Crippen LogP contribution in [-0.2, 0) is 17.6 Å². The number of hydrogen-bond donors (Lipinski definition) is 0. The van der Waals surface area contributed by atoms with E-state index in [0.29, 0.717) is 22.9 Å². The van der Waals surface area contributed by atoms with Gasteiger partial charge in [0.25, 0.3) is 0 Å². The molecular formula is C14H11Cl2NO. The van der Waals surface area contributed by atoms with Crippen molar-refractivity contribution in [2.75, 3.05) is 0 Å². The third-order valence-electron chi connectivity index (χ3n) is 2.49. The van der Waals surface area contributed by atoms with Crippen molar-refractivity contribution < 1.29 is 4.79 Å². The van der Waals surface area contributed by atoms with Crippen molar-refractivity contribution in [1.82, 2.24) is 4.98 Å². The first-order valence-corrected chi connectivity index (χ1v) is 6.26. The Kier molecular flexibility index (Phi) is 4.34. The molecule has 0 bridgehead atoms. The Hall–Kier alpha value is -1.38. The van der Waals surface area contributed by atoms with Crippen LogP contribution in [0.15, 0.2) is 42.6 Å². The van der Waals surface area contributed by atoms with Crippen molar-refractivity contribution in [3.8, 4) is 0 Å². The van der Waals surface area contributed by atoms with Gasteiger partial charge < -0.3 is 0 Å². The third-order valence-corrected chi connectivity index (χ3v) is 3.23. The molecule has 0 unspecified atom stereocenters. The fraction of sp³-hybridized carbons (Fsp3) is 0.143. The van der Waals surface area contributed by atoms with Gasteiger partial charge in [0.15, 0.2) is 0 Å². The molecule has 0 aliphatic rings. The third kappa shape index (κ3) is 3.56. The SMILES string of the molecule is O=C(Cc1ccc(Cl)c(Cl)c1)Cc1ccccn1. The van der Waals surface area contributed by atoms with E-state index in [0.717, 1.165) is 11.3 Å². The summed E-state index contributed by atoms with van der Waals surface area (Å²) in [6, 6.07) is 10.8. The summed E-state index contributed by atoms with van der Waals surface area (Å²) in [5.41, 5.74) is 1.65. The van der Waals surface area contributed by atoms with Gasteiger partial charge in [-0.15, -0.1) is 0 Å². The smallest absolute Gasteiger partial charge is 0.143 e. The van der Waals surface area contributed by atoms with Crippen molar-refractivity contribution in [2.45, 2.75) is 12.8 Å². The van der Waals surface area contributed by atoms with E-state index in [4.69, 9.17) is 23.2 Å². The van der Waals surface area contributed by atoms with Gasteiger partial charge in [0.1, 0.15) is 5.78 Å². The number of aromatic nitrogens is 1. The number of hydrogen-bond acceptors (Lipinski definition) is 2. The predicted molar refractivity (Wildman–Crippen MR) is 73.1 cm³/mol. The van der Waals surface area contributed by atoms with E-state index in [-0.39, 0.29) is 5.78 Å². The predicted octanol–water partition coefficient (Wildman–Crippen LogP) is 3.74. The minimum Gasteiger partial charge on any atom is -0.299 e. The minimum absolute atomic E-state index is 0.104. The summed E-state index contributed by atoms with van der Waals surface area (Å²) >= 11 is 11.7. The van der Waals surface area contributed by atoms with E-state index >= 15 is 0 Å². The summed E-state index contributed by atoms with van der Waals surface area (Å²) < 4.78 is 0. The molecule has 2 rings (SSSR count). The summed E-state index contributed by atoms with van der Waals surface area (Å²) in [5.74, 6) is 0.104. The number of benzene rings is 1. The lowest BCUT2D eigenvalue weighted by Crippen LogP contribution is -2.07. The highest BCUT2D eigenvalue weighted by Gasteiger charge is 2.07. The molecule has 0 atom stereocenters. The Morgan fingerprint density at radius 3 is 2.56 bits per heavy atom. The molecule has 18 heavy (non-hydrogen) atoms. The van der Waals surface area contributed by atoms with Gasteiger partial charge in [0, 0.05) is 24.7 Å². The topological polar surface area (TPSA) is 30.0 Å². The monoisotopic (exact) mass is 279 g/mol. The molecule has 92 valence electrons. The highest BCUT2D eigenvalue weighted by atomic mass is 35.5. The summed E-state index contributed by atoms with van der Waals surface area (Å²) in [7, 11) is 0. The molecule has 1 heterocycles. The number of Topliss-reactive ketones (excluding diaryl/α,β-unsaturated/α-hetero) is 1. The standard InChI is InChI=1S/C14H11Cl2NO/c15-13-5-4-10(8-14(13)16)7-12(18)9-11-3-1-2-6-17-11/h1-6,8H,7,9H2. The quantitative estimate of drug-likeness (QED) is 0.853. The van der Waals surface area contributed by atoms with Crippen LogP contribution in [0.25, 0.3) is 0 Å². The fourth-order valence-electron chi connectivity index (χ4n) is 1.64. The van der Waals surface area contributed by atoms with Gasteiger partial charge in [0.05, 0.1) is 10.0 Å². The molecule has 0 N–H and O–H groups in total. The number of pyridine rings is 1. The Morgan fingerprint density at radius 1 is 1.06 bits per heavy atom. The average Bonchev–Trinajstić information content (AvgIpc) is 2.35. The summed E-state index contributed by atoms with van der Waals surface area (Å²) in [4.78, 5) is 16.0. The van der Waals surface area contributed by atoms with Crippen LogP contribution in [0.5, 0.6) is 0 Å². The lowest BCUT2D eigenvalue weighted by molar-refractivity contribution is -0.117. The molecule has 0 amide bonds. The summed E-state index contributed by atoms with van der Waals surface area (Å²) in [6.07, 6.45) is 2.36. The second kappa shape index (κ2) is 5.98. The summed E-state index contributed by atoms with van der Waals surface area (Å²) in [5, 5.41) is 0.970. The van der Waals surface area contributed by atoms with Gasteiger partial charge in [-0.25, -0.2) is 0 Å². The molecule has 2 nitrogen and oxygen atoms in total. The van der Waals surface area contributed by atoms with Crippen LogP contribution in [0.4, 0.5) is 0 Å². The van der Waals surface area contributed by atoms with Gasteiger partial charge >= 0.3 is 0 Å². The Morgan fingerprint density at radius 2 is 1.89 bits per heavy atom. The van der Waals surface area contributed by atoms with Crippen LogP contribution in [0.3, 0.4) is 0 Å². The Balaban J connectivity index is 2.01. The lowest BCUT2D eigenvalue weighted by Gasteiger charge is -2.03. The van der Waals surface area contributed by atoms with Crippen LogP contribution in [-0.4, -0.2) is 10.8 Å². The minimum atomic E-state index is 0.104. The van der Waals surface area contributed by atoms with E-state index in [9.17, 15) is 4.79 Å². The Labute approximate surface area is 116 Å². The van der Waals surface area contributed by atoms with Crippen LogP contribution >= 0.6 is 23.2 Å². The lowest BCUT2D eigenvalue weighted by atomic mass is 10.1. The van der Waals surface area contributed by atoms with Crippen LogP contribution in [0.1, 0.15) is 11.3 Å². The average molecular weight is 280 g/mol. The largest absolute Gasteiger partial charge is 0.299 e. The highest BCUT2D eigenvalue weighted by molar-refractivity contribution is 6.42. The molecule has 0 aliphatic heterocycles. The zero-order valence-electron chi connectivity index (χ0n) is 9.57. The van der Waals surface area contributed by atoms with E-state index in [2.05, 4.69) is 4.98 Å². The number of halogens is 2. The van der Waals surface area contributed by atoms with Crippen molar-refractivity contribution in [3.63, 3.8) is 0 Å². The molecule has 2 aromatic rings. The highest BCUT2D eigenvalue weighted by Crippen LogP contribution is 2.22. The fourth-order valence-corrected chi connectivity index (χ4v) is 1.97. The first-order chi connectivity index (χ1) is 8.65. The zero-order chi connectivity index (χ0) is 13.0. The van der Waals surface area contributed by atoms with Crippen molar-refractivity contribution in [1.29, 1.82) is 0 Å². The molecule has 1 aromatic carbocycles. The number of nitrogens with zero attached hydrogens (tertiary/aromatic N) is 1. The number of rotatable bonds is 4. The number of carbonyl (C=O) groups is 1. The molecule has 1 aromatic heterocycles. The Bertz CT molecular complexity index is 555. The zero-order valence-corrected chi connectivity index (χ0v) is 11.1. The molecule has 4 heteroatoms. The van der Waals surface area contributed by atoms with Crippen LogP contribution < -0.4 is 0 Å².